The second-order valence-electron chi connectivity index (χ2n) is 9.90. The lowest BCUT2D eigenvalue weighted by Gasteiger charge is -2.29. The van der Waals surface area contributed by atoms with Crippen LogP contribution in [0, 0.1) is 5.82 Å². The van der Waals surface area contributed by atoms with Crippen molar-refractivity contribution < 1.29 is 22.3 Å². The zero-order valence-corrected chi connectivity index (χ0v) is 21.9. The molecule has 2 aromatic rings. The molecule has 5 rings (SSSR count). The van der Waals surface area contributed by atoms with Crippen molar-refractivity contribution in [2.45, 2.75) is 80.8 Å². The topological polar surface area (TPSA) is 85.7 Å². The molecule has 2 aliphatic heterocycles. The molecule has 1 saturated carbocycles. The number of nitrogens with zero attached hydrogens (tertiary/aromatic N) is 3. The number of imidazole rings is 1. The molecule has 3 heterocycles. The van der Waals surface area contributed by atoms with Crippen molar-refractivity contribution in [3.05, 3.63) is 47.5 Å². The van der Waals surface area contributed by atoms with Gasteiger partial charge in [0.1, 0.15) is 5.82 Å². The molecule has 1 aliphatic carbocycles. The summed E-state index contributed by atoms with van der Waals surface area (Å²) in [5.41, 5.74) is 1.28. The van der Waals surface area contributed by atoms with E-state index < -0.39 is 15.7 Å². The highest BCUT2D eigenvalue weighted by molar-refractivity contribution is 7.90. The summed E-state index contributed by atoms with van der Waals surface area (Å²) in [6.45, 7) is 2.90. The molecule has 0 unspecified atom stereocenters. The Labute approximate surface area is 217 Å². The smallest absolute Gasteiger partial charge is 0.228 e. The second kappa shape index (κ2) is 11.1. The first kappa shape index (κ1) is 25.6. The van der Waals surface area contributed by atoms with Gasteiger partial charge in [-0.25, -0.2) is 17.8 Å². The summed E-state index contributed by atoms with van der Waals surface area (Å²) in [5.74, 6) is -0.656. The van der Waals surface area contributed by atoms with Gasteiger partial charge in [-0.2, -0.15) is 0 Å². The molecule has 2 atom stereocenters. The van der Waals surface area contributed by atoms with E-state index in [-0.39, 0.29) is 23.1 Å². The Balaban J connectivity index is 1.41. The maximum absolute atomic E-state index is 13.5. The summed E-state index contributed by atoms with van der Waals surface area (Å²) in [7, 11) is -3.78. The third-order valence-corrected chi connectivity index (χ3v) is 8.82. The van der Waals surface area contributed by atoms with Crippen LogP contribution in [0.5, 0.6) is 0 Å². The van der Waals surface area contributed by atoms with Crippen molar-refractivity contribution in [3.63, 3.8) is 0 Å². The Morgan fingerprint density at radius 2 is 1.81 bits per heavy atom. The van der Waals surface area contributed by atoms with Crippen LogP contribution in [-0.2, 0) is 38.2 Å². The van der Waals surface area contributed by atoms with Crippen LogP contribution in [0.3, 0.4) is 0 Å². The van der Waals surface area contributed by atoms with Gasteiger partial charge < -0.3 is 24.3 Å². The van der Waals surface area contributed by atoms with Crippen LogP contribution in [0.1, 0.15) is 49.8 Å². The molecule has 2 saturated heterocycles. The maximum atomic E-state index is 13.5. The summed E-state index contributed by atoms with van der Waals surface area (Å²) in [6, 6.07) is 5.93. The number of thiocarbonyl (C=S) groups is 1. The van der Waals surface area contributed by atoms with Gasteiger partial charge in [-0.1, -0.05) is 12.1 Å². The lowest BCUT2D eigenvalue weighted by atomic mass is 10.2. The van der Waals surface area contributed by atoms with Gasteiger partial charge in [0.05, 0.1) is 42.9 Å². The Kier molecular flexibility index (Phi) is 7.90. The lowest BCUT2D eigenvalue weighted by Crippen LogP contribution is -2.44. The molecule has 3 aliphatic rings. The molecule has 1 N–H and O–H groups in total. The van der Waals surface area contributed by atoms with Crippen LogP contribution >= 0.6 is 12.2 Å². The molecular formula is C25H33FN4O4S2. The van der Waals surface area contributed by atoms with Crippen molar-refractivity contribution in [1.82, 2.24) is 19.8 Å². The maximum Gasteiger partial charge on any atom is 0.228 e. The van der Waals surface area contributed by atoms with E-state index in [1.54, 1.807) is 10.8 Å². The fraction of sp³-hybridized carbons (Fsp3) is 0.600. The molecule has 8 nitrogen and oxygen atoms in total. The quantitative estimate of drug-likeness (QED) is 0.464. The molecule has 11 heteroatoms. The largest absolute Gasteiger partial charge is 0.376 e. The van der Waals surface area contributed by atoms with Gasteiger partial charge >= 0.3 is 0 Å². The first-order valence-electron chi connectivity index (χ1n) is 12.7. The van der Waals surface area contributed by atoms with Crippen molar-refractivity contribution in [1.29, 1.82) is 0 Å². The Hall–Kier alpha value is -2.08. The van der Waals surface area contributed by atoms with Crippen LogP contribution in [0.4, 0.5) is 4.39 Å². The van der Waals surface area contributed by atoms with Crippen LogP contribution in [-0.4, -0.2) is 66.0 Å². The first-order valence-corrected chi connectivity index (χ1v) is 14.7. The molecule has 0 spiro atoms. The standard InChI is InChI=1S/C25H33FN4O4S2/c26-19-7-5-18(6-8-19)17-36(31,32)25-27-13-21(30(25)16-23-4-2-12-34-23)14-29(15-22-3-1-11-33-22)24(35)28-20-9-10-20/h5-8,13,20,22-23H,1-4,9-12,14-17H2,(H,28,35)/t22-,23-/m0/s1. The highest BCUT2D eigenvalue weighted by atomic mass is 32.2. The first-order chi connectivity index (χ1) is 17.4. The minimum atomic E-state index is -3.78. The zero-order valence-electron chi connectivity index (χ0n) is 20.3. The van der Waals surface area contributed by atoms with Gasteiger partial charge in [0, 0.05) is 25.8 Å². The number of hydrogen-bond donors (Lipinski definition) is 1. The van der Waals surface area contributed by atoms with Crippen molar-refractivity contribution >= 4 is 27.2 Å². The second-order valence-corrected chi connectivity index (χ2v) is 12.2. The van der Waals surface area contributed by atoms with E-state index >= 15 is 0 Å². The Bertz CT molecular complexity index is 1160. The average molecular weight is 537 g/mol. The van der Waals surface area contributed by atoms with Crippen molar-refractivity contribution in [2.75, 3.05) is 19.8 Å². The Morgan fingerprint density at radius 1 is 1.11 bits per heavy atom. The minimum absolute atomic E-state index is 0.00969. The number of ether oxygens (including phenoxy) is 2. The number of halogens is 1. The van der Waals surface area contributed by atoms with Gasteiger partial charge in [0.15, 0.2) is 5.11 Å². The van der Waals surface area contributed by atoms with E-state index in [0.29, 0.717) is 43.0 Å². The van der Waals surface area contributed by atoms with Crippen LogP contribution in [0.15, 0.2) is 35.6 Å². The average Bonchev–Trinajstić information content (AvgIpc) is 3.24. The summed E-state index contributed by atoms with van der Waals surface area (Å²) >= 11 is 5.75. The van der Waals surface area contributed by atoms with E-state index in [0.717, 1.165) is 50.8 Å². The molecule has 0 bridgehead atoms. The SMILES string of the molecule is O=S(=O)(Cc1ccc(F)cc1)c1ncc(CN(C[C@@H]2CCCO2)C(=S)NC2CC2)n1C[C@@H]1CCCO1. The number of nitrogens with one attached hydrogen (secondary N) is 1. The number of rotatable bonds is 10. The van der Waals surface area contributed by atoms with Crippen LogP contribution in [0.25, 0.3) is 0 Å². The van der Waals surface area contributed by atoms with Crippen LogP contribution < -0.4 is 5.32 Å². The fourth-order valence-corrected chi connectivity index (χ4v) is 6.57. The van der Waals surface area contributed by atoms with E-state index in [2.05, 4.69) is 15.2 Å². The van der Waals surface area contributed by atoms with Crippen molar-refractivity contribution in [3.8, 4) is 0 Å². The van der Waals surface area contributed by atoms with Gasteiger partial charge in [-0.15, -0.1) is 0 Å². The fourth-order valence-electron chi connectivity index (χ4n) is 4.76. The highest BCUT2D eigenvalue weighted by Crippen LogP contribution is 2.24. The molecule has 36 heavy (non-hydrogen) atoms. The summed E-state index contributed by atoms with van der Waals surface area (Å²) in [6.07, 6.45) is 7.71. The van der Waals surface area contributed by atoms with E-state index in [1.807, 2.05) is 0 Å². The van der Waals surface area contributed by atoms with Gasteiger partial charge in [0.25, 0.3) is 0 Å². The number of aromatic nitrogens is 2. The van der Waals surface area contributed by atoms with E-state index in [9.17, 15) is 12.8 Å². The Morgan fingerprint density at radius 3 is 2.44 bits per heavy atom. The molecule has 0 radical (unpaired) electrons. The summed E-state index contributed by atoms with van der Waals surface area (Å²) in [5, 5.41) is 4.08. The highest BCUT2D eigenvalue weighted by Gasteiger charge is 2.30. The lowest BCUT2D eigenvalue weighted by molar-refractivity contribution is 0.0862. The van der Waals surface area contributed by atoms with E-state index in [4.69, 9.17) is 21.7 Å². The molecule has 196 valence electrons. The molecule has 1 aromatic heterocycles. The monoisotopic (exact) mass is 536 g/mol. The summed E-state index contributed by atoms with van der Waals surface area (Å²) in [4.78, 5) is 6.46. The molecular weight excluding hydrogens is 503 g/mol. The predicted octanol–water partition coefficient (Wildman–Crippen LogP) is 3.19. The normalized spacial score (nSPS) is 22.1. The molecule has 3 fully saturated rings. The predicted molar refractivity (Wildman–Crippen MR) is 137 cm³/mol. The zero-order chi connectivity index (χ0) is 25.1. The summed E-state index contributed by atoms with van der Waals surface area (Å²) < 4.78 is 53.7. The molecule has 0 amide bonds. The third kappa shape index (κ3) is 6.42. The third-order valence-electron chi connectivity index (χ3n) is 6.85. The number of hydrogen-bond acceptors (Lipinski definition) is 6. The van der Waals surface area contributed by atoms with Gasteiger partial charge in [-0.05, 0) is 68.4 Å². The van der Waals surface area contributed by atoms with Crippen LogP contribution in [0.2, 0.25) is 0 Å². The van der Waals surface area contributed by atoms with Gasteiger partial charge in [-0.3, -0.25) is 0 Å². The molecule has 1 aromatic carbocycles. The number of sulfone groups is 1. The number of benzene rings is 1. The van der Waals surface area contributed by atoms with E-state index in [1.165, 1.54) is 24.3 Å². The van der Waals surface area contributed by atoms with Gasteiger partial charge in [0.2, 0.25) is 15.0 Å². The van der Waals surface area contributed by atoms with Crippen molar-refractivity contribution in [2.24, 2.45) is 0 Å². The minimum Gasteiger partial charge on any atom is -0.376 e.